The first-order valence-corrected chi connectivity index (χ1v) is 6.66. The smallest absolute Gasteiger partial charge is 0.258 e. The van der Waals surface area contributed by atoms with Crippen molar-refractivity contribution in [2.24, 2.45) is 0 Å². The Morgan fingerprint density at radius 2 is 1.90 bits per heavy atom. The Hall–Kier alpha value is -2.57. The molecule has 0 aromatic heterocycles. The fraction of sp³-hybridized carbons (Fsp3) is 0.167. The second-order valence-electron chi connectivity index (χ2n) is 4.75. The molecule has 2 aromatic rings. The molecule has 21 heavy (non-hydrogen) atoms. The molecule has 3 heteroatoms. The van der Waals surface area contributed by atoms with Gasteiger partial charge in [0.15, 0.2) is 0 Å². The molecule has 0 radical (unpaired) electrons. The van der Waals surface area contributed by atoms with Gasteiger partial charge in [0.05, 0.1) is 0 Å². The quantitative estimate of drug-likeness (QED) is 0.858. The number of carbonyl (C=O) groups excluding carboxylic acids is 1. The number of benzene rings is 2. The lowest BCUT2D eigenvalue weighted by Gasteiger charge is -2.17. The Bertz CT molecular complexity index is 696. The Labute approximate surface area is 124 Å². The van der Waals surface area contributed by atoms with Crippen LogP contribution in [0.5, 0.6) is 0 Å². The molecule has 3 nitrogen and oxygen atoms in total. The van der Waals surface area contributed by atoms with Crippen LogP contribution in [0.3, 0.4) is 0 Å². The molecule has 2 rings (SSSR count). The molecular weight excluding hydrogens is 262 g/mol. The van der Waals surface area contributed by atoms with Crippen molar-refractivity contribution < 1.29 is 9.90 Å². The van der Waals surface area contributed by atoms with Crippen LogP contribution in [0.2, 0.25) is 0 Å². The molecule has 1 amide bonds. The number of para-hydroxylation sites is 1. The highest BCUT2D eigenvalue weighted by Gasteiger charge is 2.14. The lowest BCUT2D eigenvalue weighted by atomic mass is 10.1. The second kappa shape index (κ2) is 6.74. The zero-order valence-electron chi connectivity index (χ0n) is 12.1. The molecule has 1 N–H and O–H groups in total. The van der Waals surface area contributed by atoms with E-state index in [0.717, 1.165) is 16.8 Å². The Morgan fingerprint density at radius 1 is 1.19 bits per heavy atom. The molecule has 106 valence electrons. The predicted molar refractivity (Wildman–Crippen MR) is 84.3 cm³/mol. The van der Waals surface area contributed by atoms with Crippen LogP contribution in [0.4, 0.5) is 5.69 Å². The normalized spacial score (nSPS) is 9.67. The fourth-order valence-corrected chi connectivity index (χ4v) is 2.08. The zero-order valence-corrected chi connectivity index (χ0v) is 12.1. The first kappa shape index (κ1) is 14.8. The molecule has 2 aromatic carbocycles. The molecule has 0 bridgehead atoms. The number of rotatable bonds is 2. The first-order chi connectivity index (χ1) is 10.1. The molecule has 0 spiro atoms. The Kier molecular flexibility index (Phi) is 4.76. The van der Waals surface area contributed by atoms with Crippen molar-refractivity contribution in [2.45, 2.75) is 6.92 Å². The summed E-state index contributed by atoms with van der Waals surface area (Å²) < 4.78 is 0. The van der Waals surface area contributed by atoms with E-state index in [1.807, 2.05) is 49.4 Å². The van der Waals surface area contributed by atoms with Gasteiger partial charge in [0.2, 0.25) is 0 Å². The van der Waals surface area contributed by atoms with E-state index < -0.39 is 0 Å². The number of aliphatic hydroxyl groups is 1. The van der Waals surface area contributed by atoms with Crippen molar-refractivity contribution in [3.05, 3.63) is 65.2 Å². The average molecular weight is 279 g/mol. The third-order valence-corrected chi connectivity index (χ3v) is 3.08. The molecule has 0 saturated heterocycles. The maximum Gasteiger partial charge on any atom is 0.258 e. The van der Waals surface area contributed by atoms with Gasteiger partial charge in [0.25, 0.3) is 5.91 Å². The van der Waals surface area contributed by atoms with E-state index in [1.54, 1.807) is 18.0 Å². The first-order valence-electron chi connectivity index (χ1n) is 6.66. The summed E-state index contributed by atoms with van der Waals surface area (Å²) in [4.78, 5) is 14.2. The molecule has 0 aliphatic heterocycles. The van der Waals surface area contributed by atoms with E-state index in [2.05, 4.69) is 11.8 Å². The van der Waals surface area contributed by atoms with Crippen LogP contribution in [-0.2, 0) is 0 Å². The number of aliphatic hydroxyl groups excluding tert-OH is 1. The van der Waals surface area contributed by atoms with E-state index in [1.165, 1.54) is 0 Å². The topological polar surface area (TPSA) is 40.5 Å². The Morgan fingerprint density at radius 3 is 2.57 bits per heavy atom. The lowest BCUT2D eigenvalue weighted by molar-refractivity contribution is 0.0993. The molecule has 0 unspecified atom stereocenters. The monoisotopic (exact) mass is 279 g/mol. The third-order valence-electron chi connectivity index (χ3n) is 3.08. The summed E-state index contributed by atoms with van der Waals surface area (Å²) >= 11 is 0. The van der Waals surface area contributed by atoms with Crippen molar-refractivity contribution in [2.75, 3.05) is 18.6 Å². The van der Waals surface area contributed by atoms with Gasteiger partial charge in [-0.1, -0.05) is 30.0 Å². The minimum atomic E-state index is -0.193. The molecule has 0 aliphatic rings. The van der Waals surface area contributed by atoms with Crippen molar-refractivity contribution >= 4 is 11.6 Å². The summed E-state index contributed by atoms with van der Waals surface area (Å²) in [5.74, 6) is 5.35. The van der Waals surface area contributed by atoms with Crippen LogP contribution in [0.1, 0.15) is 21.5 Å². The maximum atomic E-state index is 12.6. The highest BCUT2D eigenvalue weighted by Crippen LogP contribution is 2.16. The number of aryl methyl sites for hydroxylation is 1. The molecule has 0 fully saturated rings. The van der Waals surface area contributed by atoms with Crippen LogP contribution in [0.15, 0.2) is 48.5 Å². The summed E-state index contributed by atoms with van der Waals surface area (Å²) in [6.45, 7) is 1.73. The summed E-state index contributed by atoms with van der Waals surface area (Å²) in [7, 11) is 1.75. The highest BCUT2D eigenvalue weighted by molar-refractivity contribution is 6.06. The van der Waals surface area contributed by atoms with Gasteiger partial charge >= 0.3 is 0 Å². The lowest BCUT2D eigenvalue weighted by Crippen LogP contribution is -2.26. The van der Waals surface area contributed by atoms with Crippen LogP contribution < -0.4 is 4.90 Å². The average Bonchev–Trinajstić information content (AvgIpc) is 2.51. The van der Waals surface area contributed by atoms with Gasteiger partial charge < -0.3 is 10.0 Å². The van der Waals surface area contributed by atoms with E-state index >= 15 is 0 Å². The second-order valence-corrected chi connectivity index (χ2v) is 4.75. The summed E-state index contributed by atoms with van der Waals surface area (Å²) in [5.41, 5.74) is 3.12. The number of carbonyl (C=O) groups is 1. The van der Waals surface area contributed by atoms with E-state index in [4.69, 9.17) is 5.11 Å². The van der Waals surface area contributed by atoms with Gasteiger partial charge in [-0.25, -0.2) is 0 Å². The molecule has 0 saturated carbocycles. The van der Waals surface area contributed by atoms with Gasteiger partial charge in [0, 0.05) is 23.9 Å². The van der Waals surface area contributed by atoms with E-state index in [-0.39, 0.29) is 12.5 Å². The number of anilines is 1. The summed E-state index contributed by atoms with van der Waals surface area (Å²) in [6.07, 6.45) is 0. The van der Waals surface area contributed by atoms with Crippen LogP contribution in [0, 0.1) is 18.8 Å². The van der Waals surface area contributed by atoms with Gasteiger partial charge in [-0.15, -0.1) is 0 Å². The van der Waals surface area contributed by atoms with E-state index in [9.17, 15) is 4.79 Å². The SMILES string of the molecule is Cc1cc(C#CCO)cc(C(=O)N(C)c2ccccc2)c1. The Balaban J connectivity index is 2.33. The van der Waals surface area contributed by atoms with Gasteiger partial charge in [-0.05, 0) is 42.8 Å². The largest absolute Gasteiger partial charge is 0.384 e. The predicted octanol–water partition coefficient (Wildman–Crippen LogP) is 2.62. The number of nitrogens with zero attached hydrogens (tertiary/aromatic N) is 1. The van der Waals surface area contributed by atoms with Crippen molar-refractivity contribution in [3.63, 3.8) is 0 Å². The number of amides is 1. The van der Waals surface area contributed by atoms with Crippen LogP contribution in [0.25, 0.3) is 0 Å². The van der Waals surface area contributed by atoms with Crippen molar-refractivity contribution in [1.29, 1.82) is 0 Å². The van der Waals surface area contributed by atoms with Crippen LogP contribution >= 0.6 is 0 Å². The maximum absolute atomic E-state index is 12.6. The highest BCUT2D eigenvalue weighted by atomic mass is 16.2. The van der Waals surface area contributed by atoms with Gasteiger partial charge in [-0.3, -0.25) is 4.79 Å². The third kappa shape index (κ3) is 3.71. The van der Waals surface area contributed by atoms with Crippen molar-refractivity contribution in [3.8, 4) is 11.8 Å². The standard InChI is InChI=1S/C18H17NO2/c1-14-11-15(7-6-10-20)13-16(12-14)18(21)19(2)17-8-4-3-5-9-17/h3-5,8-9,11-13,20H,10H2,1-2H3. The fourth-order valence-electron chi connectivity index (χ4n) is 2.08. The van der Waals surface area contributed by atoms with Gasteiger partial charge in [0.1, 0.15) is 6.61 Å². The number of hydrogen-bond donors (Lipinski definition) is 1. The molecule has 0 atom stereocenters. The zero-order chi connectivity index (χ0) is 15.2. The molecule has 0 aliphatic carbocycles. The van der Waals surface area contributed by atoms with Crippen LogP contribution in [-0.4, -0.2) is 24.7 Å². The summed E-state index contributed by atoms with van der Waals surface area (Å²) in [6, 6.07) is 15.0. The molecule has 0 heterocycles. The minimum absolute atomic E-state index is 0.0862. The molecular formula is C18H17NO2. The summed E-state index contributed by atoms with van der Waals surface area (Å²) in [5, 5.41) is 8.76. The van der Waals surface area contributed by atoms with E-state index in [0.29, 0.717) is 5.56 Å². The minimum Gasteiger partial charge on any atom is -0.384 e. The number of hydrogen-bond acceptors (Lipinski definition) is 2. The van der Waals surface area contributed by atoms with Crippen molar-refractivity contribution in [1.82, 2.24) is 0 Å². The van der Waals surface area contributed by atoms with Gasteiger partial charge in [-0.2, -0.15) is 0 Å².